The average Bonchev–Trinajstić information content (AvgIpc) is 3.52. The topological polar surface area (TPSA) is 81.9 Å². The molecule has 0 bridgehead atoms. The summed E-state index contributed by atoms with van der Waals surface area (Å²) in [4.78, 5) is 34.3. The Morgan fingerprint density at radius 1 is 1.08 bits per heavy atom. The van der Waals surface area contributed by atoms with E-state index in [2.05, 4.69) is 36.2 Å². The average molecular weight is 524 g/mol. The van der Waals surface area contributed by atoms with Crippen LogP contribution in [0.25, 0.3) is 10.4 Å². The maximum Gasteiger partial charge on any atom is 0.256 e. The van der Waals surface area contributed by atoms with E-state index in [4.69, 9.17) is 5.73 Å². The lowest BCUT2D eigenvalue weighted by atomic mass is 9.92. The molecule has 200 valence electrons. The van der Waals surface area contributed by atoms with Crippen LogP contribution in [0.15, 0.2) is 36.4 Å². The van der Waals surface area contributed by atoms with E-state index < -0.39 is 0 Å². The van der Waals surface area contributed by atoms with Crippen molar-refractivity contribution < 1.29 is 9.59 Å². The van der Waals surface area contributed by atoms with Crippen molar-refractivity contribution in [3.63, 3.8) is 0 Å². The minimum Gasteiger partial charge on any atom is -0.359 e. The fourth-order valence-electron chi connectivity index (χ4n) is 5.81. The van der Waals surface area contributed by atoms with Crippen molar-refractivity contribution in [2.45, 2.75) is 64.1 Å². The lowest BCUT2D eigenvalue weighted by Gasteiger charge is -2.42. The number of hydrogen-bond donors (Lipinski definition) is 2. The highest BCUT2D eigenvalue weighted by atomic mass is 32.1. The Kier molecular flexibility index (Phi) is 7.88. The summed E-state index contributed by atoms with van der Waals surface area (Å²) in [6, 6.07) is 12.7. The number of anilines is 1. The molecule has 3 N–H and O–H groups in total. The van der Waals surface area contributed by atoms with Gasteiger partial charge in [-0.05, 0) is 70.5 Å². The van der Waals surface area contributed by atoms with Gasteiger partial charge in [-0.1, -0.05) is 30.3 Å². The maximum atomic E-state index is 13.7. The largest absolute Gasteiger partial charge is 0.359 e. The van der Waals surface area contributed by atoms with Crippen molar-refractivity contribution in [3.8, 4) is 10.4 Å². The van der Waals surface area contributed by atoms with Crippen molar-refractivity contribution in [1.82, 2.24) is 14.7 Å². The highest BCUT2D eigenvalue weighted by Crippen LogP contribution is 2.41. The summed E-state index contributed by atoms with van der Waals surface area (Å²) in [6.45, 7) is 9.08. The van der Waals surface area contributed by atoms with E-state index in [-0.39, 0.29) is 17.5 Å². The molecule has 8 heteroatoms. The number of rotatable bonds is 8. The molecule has 37 heavy (non-hydrogen) atoms. The SMILES string of the molecule is CCN(CC)C(=O)C1CCCN(C2CCN(C(=O)c3cc(-c4ccccc4)sc3NC3(N)CC3)CC2)C1. The molecular formula is C29H41N5O2S. The highest BCUT2D eigenvalue weighted by Gasteiger charge is 2.40. The molecule has 2 aliphatic heterocycles. The lowest BCUT2D eigenvalue weighted by molar-refractivity contribution is -0.137. The molecule has 3 aliphatic rings. The van der Waals surface area contributed by atoms with Crippen LogP contribution in [0.2, 0.25) is 0 Å². The monoisotopic (exact) mass is 523 g/mol. The Morgan fingerprint density at radius 2 is 1.78 bits per heavy atom. The third-order valence-electron chi connectivity index (χ3n) is 8.32. The van der Waals surface area contributed by atoms with Gasteiger partial charge in [0.2, 0.25) is 5.91 Å². The molecule has 1 aromatic carbocycles. The molecule has 0 spiro atoms. The number of nitrogens with one attached hydrogen (secondary N) is 1. The minimum absolute atomic E-state index is 0.0943. The molecule has 2 amide bonds. The van der Waals surface area contributed by atoms with Crippen LogP contribution in [0.5, 0.6) is 0 Å². The Hall–Kier alpha value is -2.42. The van der Waals surface area contributed by atoms with Crippen molar-refractivity contribution >= 4 is 28.2 Å². The van der Waals surface area contributed by atoms with Gasteiger partial charge in [-0.2, -0.15) is 0 Å². The molecule has 2 aromatic rings. The van der Waals surface area contributed by atoms with Crippen LogP contribution in [0.3, 0.4) is 0 Å². The zero-order valence-corrected chi connectivity index (χ0v) is 23.1. The van der Waals surface area contributed by atoms with E-state index in [1.165, 1.54) is 0 Å². The predicted octanol–water partition coefficient (Wildman–Crippen LogP) is 4.46. The molecule has 1 atom stereocenters. The van der Waals surface area contributed by atoms with Crippen LogP contribution >= 0.6 is 11.3 Å². The molecule has 7 nitrogen and oxygen atoms in total. The van der Waals surface area contributed by atoms with E-state index in [1.54, 1.807) is 11.3 Å². The number of carbonyl (C=O) groups excluding carboxylic acids is 2. The van der Waals surface area contributed by atoms with Crippen LogP contribution < -0.4 is 11.1 Å². The summed E-state index contributed by atoms with van der Waals surface area (Å²) in [5.41, 5.74) is 7.86. The fraction of sp³-hybridized carbons (Fsp3) is 0.586. The summed E-state index contributed by atoms with van der Waals surface area (Å²) in [5.74, 6) is 0.509. The van der Waals surface area contributed by atoms with E-state index in [9.17, 15) is 9.59 Å². The van der Waals surface area contributed by atoms with Gasteiger partial charge in [-0.3, -0.25) is 14.5 Å². The molecular weight excluding hydrogens is 482 g/mol. The quantitative estimate of drug-likeness (QED) is 0.499. The second-order valence-corrected chi connectivity index (χ2v) is 11.9. The van der Waals surface area contributed by atoms with Gasteiger partial charge in [-0.15, -0.1) is 11.3 Å². The zero-order valence-electron chi connectivity index (χ0n) is 22.2. The van der Waals surface area contributed by atoms with E-state index in [1.807, 2.05) is 34.1 Å². The molecule has 1 aromatic heterocycles. The number of carbonyl (C=O) groups is 2. The minimum atomic E-state index is -0.381. The van der Waals surface area contributed by atoms with E-state index in [0.29, 0.717) is 11.9 Å². The molecule has 1 unspecified atom stereocenters. The normalized spacial score (nSPS) is 22.0. The first-order valence-electron chi connectivity index (χ1n) is 14.0. The summed E-state index contributed by atoms with van der Waals surface area (Å²) < 4.78 is 0. The van der Waals surface area contributed by atoms with Crippen molar-refractivity contribution in [2.24, 2.45) is 11.7 Å². The standard InChI is InChI=1S/C29H41N5O2S/c1-3-32(4-2)27(35)22-11-8-16-34(20-22)23-12-17-33(18-13-23)28(36)24-19-25(21-9-6-5-7-10-21)37-26(24)31-29(30)14-15-29/h5-7,9-10,19,22-23,31H,3-4,8,11-18,20,30H2,1-2H3. The van der Waals surface area contributed by atoms with Crippen LogP contribution in [0.1, 0.15) is 62.7 Å². The van der Waals surface area contributed by atoms with Crippen LogP contribution in [0, 0.1) is 5.92 Å². The third-order valence-corrected chi connectivity index (χ3v) is 9.42. The van der Waals surface area contributed by atoms with Crippen molar-refractivity contribution in [3.05, 3.63) is 42.0 Å². The van der Waals surface area contributed by atoms with E-state index in [0.717, 1.165) is 98.8 Å². The van der Waals surface area contributed by atoms with Gasteiger partial charge in [0.25, 0.3) is 5.91 Å². The number of benzene rings is 1. The summed E-state index contributed by atoms with van der Waals surface area (Å²) in [6.07, 6.45) is 5.83. The van der Waals surface area contributed by atoms with Crippen LogP contribution in [0.4, 0.5) is 5.00 Å². The molecule has 1 aliphatic carbocycles. The number of hydrogen-bond acceptors (Lipinski definition) is 6. The number of thiophene rings is 1. The fourth-order valence-corrected chi connectivity index (χ4v) is 6.97. The number of piperidine rings is 2. The lowest BCUT2D eigenvalue weighted by Crippen LogP contribution is -2.52. The Bertz CT molecular complexity index is 1090. The summed E-state index contributed by atoms with van der Waals surface area (Å²) in [5, 5.41) is 4.36. The molecule has 5 rings (SSSR count). The van der Waals surface area contributed by atoms with Gasteiger partial charge in [0.1, 0.15) is 5.00 Å². The second kappa shape index (κ2) is 11.1. The summed E-state index contributed by atoms with van der Waals surface area (Å²) >= 11 is 1.62. The van der Waals surface area contributed by atoms with Gasteiger partial charge in [0.15, 0.2) is 0 Å². The van der Waals surface area contributed by atoms with Crippen molar-refractivity contribution in [2.75, 3.05) is 44.6 Å². The van der Waals surface area contributed by atoms with Gasteiger partial charge in [-0.25, -0.2) is 0 Å². The summed E-state index contributed by atoms with van der Waals surface area (Å²) in [7, 11) is 0. The smallest absolute Gasteiger partial charge is 0.256 e. The maximum absolute atomic E-state index is 13.7. The van der Waals surface area contributed by atoms with Crippen molar-refractivity contribution in [1.29, 1.82) is 0 Å². The number of amides is 2. The molecule has 1 saturated carbocycles. The molecule has 2 saturated heterocycles. The highest BCUT2D eigenvalue weighted by molar-refractivity contribution is 7.19. The zero-order chi connectivity index (χ0) is 26.0. The van der Waals surface area contributed by atoms with Gasteiger partial charge >= 0.3 is 0 Å². The van der Waals surface area contributed by atoms with Gasteiger partial charge in [0, 0.05) is 43.6 Å². The number of nitrogens with two attached hydrogens (primary N) is 1. The van der Waals surface area contributed by atoms with Gasteiger partial charge in [0.05, 0.1) is 17.1 Å². The third kappa shape index (κ3) is 5.86. The first kappa shape index (κ1) is 26.2. The predicted molar refractivity (Wildman–Crippen MR) is 151 cm³/mol. The molecule has 3 fully saturated rings. The van der Waals surface area contributed by atoms with Gasteiger partial charge < -0.3 is 20.9 Å². The second-order valence-electron chi connectivity index (χ2n) is 10.9. The number of nitrogens with zero attached hydrogens (tertiary/aromatic N) is 3. The Labute approximate surface area is 225 Å². The first-order valence-corrected chi connectivity index (χ1v) is 14.8. The Balaban J connectivity index is 1.24. The Morgan fingerprint density at radius 3 is 2.43 bits per heavy atom. The number of likely N-dealkylation sites (tertiary alicyclic amines) is 2. The van der Waals surface area contributed by atoms with Crippen LogP contribution in [-0.2, 0) is 4.79 Å². The molecule has 3 heterocycles. The van der Waals surface area contributed by atoms with Crippen LogP contribution in [-0.4, -0.2) is 77.5 Å². The van der Waals surface area contributed by atoms with E-state index >= 15 is 0 Å². The first-order chi connectivity index (χ1) is 17.9. The molecule has 0 radical (unpaired) electrons.